The van der Waals surface area contributed by atoms with E-state index in [9.17, 15) is 9.59 Å². The first kappa shape index (κ1) is 14.8. The monoisotopic (exact) mass is 344 g/mol. The van der Waals surface area contributed by atoms with Gasteiger partial charge < -0.3 is 20.1 Å². The minimum atomic E-state index is -0.602. The highest BCUT2D eigenvalue weighted by molar-refractivity contribution is 6.34. The average Bonchev–Trinajstić information content (AvgIpc) is 3.00. The van der Waals surface area contributed by atoms with E-state index in [2.05, 4.69) is 10.6 Å². The molecule has 2 aliphatic heterocycles. The second-order valence-electron chi connectivity index (χ2n) is 5.57. The first-order valence-electron chi connectivity index (χ1n) is 7.42. The number of para-hydroxylation sites is 1. The molecule has 2 aromatic rings. The number of benzene rings is 2. The lowest BCUT2D eigenvalue weighted by atomic mass is 10.1. The average molecular weight is 345 g/mol. The second kappa shape index (κ2) is 5.72. The van der Waals surface area contributed by atoms with E-state index in [4.69, 9.17) is 21.1 Å². The smallest absolute Gasteiger partial charge is 0.265 e. The quantitative estimate of drug-likeness (QED) is 0.878. The molecule has 0 bridgehead atoms. The van der Waals surface area contributed by atoms with Gasteiger partial charge in [0, 0.05) is 12.5 Å². The number of fused-ring (bicyclic) bond motifs is 2. The van der Waals surface area contributed by atoms with Crippen LogP contribution in [0.5, 0.6) is 11.5 Å². The zero-order valence-electron chi connectivity index (χ0n) is 12.5. The van der Waals surface area contributed by atoms with E-state index in [0.717, 1.165) is 11.3 Å². The Kier molecular flexibility index (Phi) is 3.54. The number of amides is 2. The lowest BCUT2D eigenvalue weighted by Gasteiger charge is -2.20. The predicted molar refractivity (Wildman–Crippen MR) is 88.8 cm³/mol. The van der Waals surface area contributed by atoms with E-state index in [0.29, 0.717) is 28.6 Å². The van der Waals surface area contributed by atoms with Crippen LogP contribution in [-0.2, 0) is 16.0 Å². The van der Waals surface area contributed by atoms with Gasteiger partial charge in [-0.3, -0.25) is 9.59 Å². The van der Waals surface area contributed by atoms with E-state index in [1.165, 1.54) is 0 Å². The van der Waals surface area contributed by atoms with Gasteiger partial charge in [-0.15, -0.1) is 0 Å². The van der Waals surface area contributed by atoms with E-state index < -0.39 is 6.10 Å². The Balaban J connectivity index is 1.52. The first-order valence-corrected chi connectivity index (χ1v) is 7.79. The molecule has 2 heterocycles. The minimum absolute atomic E-state index is 0.0664. The summed E-state index contributed by atoms with van der Waals surface area (Å²) in [6.45, 7) is -0.0664. The number of carbonyl (C=O) groups is 2. The van der Waals surface area contributed by atoms with Gasteiger partial charge in [0.25, 0.3) is 11.8 Å². The van der Waals surface area contributed by atoms with Crippen LogP contribution in [0, 0.1) is 0 Å². The van der Waals surface area contributed by atoms with Crippen molar-refractivity contribution in [3.05, 3.63) is 47.0 Å². The third-order valence-electron chi connectivity index (χ3n) is 3.90. The van der Waals surface area contributed by atoms with Gasteiger partial charge in [0.15, 0.2) is 12.7 Å². The summed E-state index contributed by atoms with van der Waals surface area (Å²) in [5, 5.41) is 5.73. The summed E-state index contributed by atoms with van der Waals surface area (Å²) >= 11 is 6.19. The van der Waals surface area contributed by atoms with Crippen LogP contribution in [0.3, 0.4) is 0 Å². The largest absolute Gasteiger partial charge is 0.482 e. The predicted octanol–water partition coefficient (Wildman–Crippen LogP) is 2.61. The molecule has 0 radical (unpaired) electrons. The van der Waals surface area contributed by atoms with Crippen molar-refractivity contribution in [1.29, 1.82) is 0 Å². The molecule has 4 rings (SSSR count). The Hall–Kier alpha value is -2.73. The molecule has 24 heavy (non-hydrogen) atoms. The summed E-state index contributed by atoms with van der Waals surface area (Å²) in [7, 11) is 0. The number of nitrogens with one attached hydrogen (secondary N) is 2. The van der Waals surface area contributed by atoms with Crippen molar-refractivity contribution in [1.82, 2.24) is 0 Å². The number of anilines is 2. The lowest BCUT2D eigenvalue weighted by molar-refractivity contribution is -0.122. The molecule has 0 aliphatic carbocycles. The molecule has 2 N–H and O–H groups in total. The molecule has 2 aromatic carbocycles. The molecular weight excluding hydrogens is 332 g/mol. The van der Waals surface area contributed by atoms with Crippen LogP contribution in [0.1, 0.15) is 5.56 Å². The van der Waals surface area contributed by atoms with Crippen LogP contribution in [0.25, 0.3) is 0 Å². The van der Waals surface area contributed by atoms with E-state index in [1.54, 1.807) is 12.1 Å². The number of carbonyl (C=O) groups excluding carboxylic acids is 2. The molecule has 0 aromatic heterocycles. The van der Waals surface area contributed by atoms with Crippen molar-refractivity contribution in [3.63, 3.8) is 0 Å². The Labute approximate surface area is 142 Å². The molecular formula is C17H13ClN2O4. The Bertz CT molecular complexity index is 827. The molecule has 7 heteroatoms. The summed E-state index contributed by atoms with van der Waals surface area (Å²) in [5.41, 5.74) is 1.90. The van der Waals surface area contributed by atoms with Crippen molar-refractivity contribution in [2.24, 2.45) is 0 Å². The number of ether oxygens (including phenoxy) is 2. The van der Waals surface area contributed by atoms with E-state index in [-0.39, 0.29) is 18.4 Å². The minimum Gasteiger partial charge on any atom is -0.482 e. The lowest BCUT2D eigenvalue weighted by Crippen LogP contribution is -2.31. The Morgan fingerprint density at radius 1 is 1.25 bits per heavy atom. The normalized spacial score (nSPS) is 17.9. The van der Waals surface area contributed by atoms with Crippen LogP contribution in [-0.4, -0.2) is 24.5 Å². The van der Waals surface area contributed by atoms with Gasteiger partial charge in [0.05, 0.1) is 16.4 Å². The maximum Gasteiger partial charge on any atom is 0.265 e. The Morgan fingerprint density at radius 3 is 2.92 bits per heavy atom. The van der Waals surface area contributed by atoms with E-state index in [1.807, 2.05) is 24.3 Å². The van der Waals surface area contributed by atoms with Crippen LogP contribution in [0.2, 0.25) is 5.02 Å². The zero-order chi connectivity index (χ0) is 16.7. The second-order valence-corrected chi connectivity index (χ2v) is 5.98. The standard InChI is InChI=1S/C17H13ClN2O4/c18-10-6-12-14(23-8-16(21)19-12)7-11(10)20-17(22)15-5-9-3-1-2-4-13(9)24-15/h1-4,6-7,15H,5,8H2,(H,19,21)(H,20,22). The van der Waals surface area contributed by atoms with Gasteiger partial charge in [-0.1, -0.05) is 29.8 Å². The third kappa shape index (κ3) is 2.65. The highest BCUT2D eigenvalue weighted by Crippen LogP contribution is 2.37. The fraction of sp³-hybridized carbons (Fsp3) is 0.176. The SMILES string of the molecule is O=C1COc2cc(NC(=O)C3Cc4ccccc4O3)c(Cl)cc2N1. The maximum absolute atomic E-state index is 12.5. The fourth-order valence-electron chi connectivity index (χ4n) is 2.74. The van der Waals surface area contributed by atoms with Crippen LogP contribution >= 0.6 is 11.6 Å². The first-order chi connectivity index (χ1) is 11.6. The van der Waals surface area contributed by atoms with Gasteiger partial charge in [-0.2, -0.15) is 0 Å². The summed E-state index contributed by atoms with van der Waals surface area (Å²) in [6.07, 6.45) is -0.0907. The summed E-state index contributed by atoms with van der Waals surface area (Å²) in [4.78, 5) is 23.8. The Morgan fingerprint density at radius 2 is 2.08 bits per heavy atom. The molecule has 2 aliphatic rings. The molecule has 1 unspecified atom stereocenters. The molecule has 0 fully saturated rings. The molecule has 2 amide bonds. The van der Waals surface area contributed by atoms with Crippen molar-refractivity contribution in [2.75, 3.05) is 17.2 Å². The molecule has 0 saturated heterocycles. The van der Waals surface area contributed by atoms with E-state index >= 15 is 0 Å². The number of halogens is 1. The molecule has 0 spiro atoms. The topological polar surface area (TPSA) is 76.7 Å². The van der Waals surface area contributed by atoms with Gasteiger partial charge in [-0.05, 0) is 17.7 Å². The van der Waals surface area contributed by atoms with Gasteiger partial charge in [0.2, 0.25) is 0 Å². The van der Waals surface area contributed by atoms with Gasteiger partial charge in [-0.25, -0.2) is 0 Å². The highest BCUT2D eigenvalue weighted by Gasteiger charge is 2.29. The third-order valence-corrected chi connectivity index (χ3v) is 4.21. The maximum atomic E-state index is 12.5. The summed E-state index contributed by atoms with van der Waals surface area (Å²) in [5.74, 6) is 0.658. The fourth-order valence-corrected chi connectivity index (χ4v) is 2.95. The number of hydrogen-bond acceptors (Lipinski definition) is 4. The molecule has 1 atom stereocenters. The zero-order valence-corrected chi connectivity index (χ0v) is 13.2. The molecule has 0 saturated carbocycles. The molecule has 122 valence electrons. The van der Waals surface area contributed by atoms with Gasteiger partial charge in [0.1, 0.15) is 11.5 Å². The summed E-state index contributed by atoms with van der Waals surface area (Å²) in [6, 6.07) is 10.7. The number of hydrogen-bond donors (Lipinski definition) is 2. The van der Waals surface area contributed by atoms with Crippen molar-refractivity contribution in [3.8, 4) is 11.5 Å². The van der Waals surface area contributed by atoms with Crippen molar-refractivity contribution in [2.45, 2.75) is 12.5 Å². The van der Waals surface area contributed by atoms with Gasteiger partial charge >= 0.3 is 0 Å². The van der Waals surface area contributed by atoms with Crippen LogP contribution < -0.4 is 20.1 Å². The van der Waals surface area contributed by atoms with Crippen LogP contribution in [0.4, 0.5) is 11.4 Å². The molecule has 6 nitrogen and oxygen atoms in total. The van der Waals surface area contributed by atoms with Crippen LogP contribution in [0.15, 0.2) is 36.4 Å². The number of rotatable bonds is 2. The highest BCUT2D eigenvalue weighted by atomic mass is 35.5. The summed E-state index contributed by atoms with van der Waals surface area (Å²) < 4.78 is 11.0. The van der Waals surface area contributed by atoms with Crippen molar-refractivity contribution < 1.29 is 19.1 Å². The van der Waals surface area contributed by atoms with Crippen molar-refractivity contribution >= 4 is 34.8 Å².